The molecule has 2 heterocycles. The minimum absolute atomic E-state index is 0.0985. The van der Waals surface area contributed by atoms with Gasteiger partial charge in [0.05, 0.1) is 25.9 Å². The first kappa shape index (κ1) is 23.3. The minimum atomic E-state index is -0.368. The van der Waals surface area contributed by atoms with Gasteiger partial charge in [0.1, 0.15) is 16.6 Å². The van der Waals surface area contributed by atoms with Gasteiger partial charge in [-0.05, 0) is 42.0 Å². The topological polar surface area (TPSA) is 100 Å². The molecule has 4 aromatic rings. The van der Waals surface area contributed by atoms with Gasteiger partial charge in [-0.15, -0.1) is 10.2 Å². The highest BCUT2D eigenvalue weighted by atomic mass is 32.1. The summed E-state index contributed by atoms with van der Waals surface area (Å²) in [5.41, 5.74) is 1.48. The number of amides is 2. The molecule has 0 fully saturated rings. The van der Waals surface area contributed by atoms with Crippen LogP contribution >= 0.6 is 11.3 Å². The Morgan fingerprint density at radius 3 is 2.50 bits per heavy atom. The molecule has 4 rings (SSSR count). The van der Waals surface area contributed by atoms with E-state index in [1.165, 1.54) is 12.1 Å². The zero-order valence-electron chi connectivity index (χ0n) is 18.1. The van der Waals surface area contributed by atoms with E-state index in [2.05, 4.69) is 20.8 Å². The highest BCUT2D eigenvalue weighted by molar-refractivity contribution is 7.13. The lowest BCUT2D eigenvalue weighted by molar-refractivity contribution is -0.117. The Morgan fingerprint density at radius 2 is 1.76 bits per heavy atom. The number of nitrogens with zero attached hydrogens (tertiary/aromatic N) is 3. The number of halogens is 1. The molecule has 34 heavy (non-hydrogen) atoms. The summed E-state index contributed by atoms with van der Waals surface area (Å²) in [4.78, 5) is 26.9. The van der Waals surface area contributed by atoms with Crippen molar-refractivity contribution in [3.8, 4) is 0 Å². The summed E-state index contributed by atoms with van der Waals surface area (Å²) < 4.78 is 18.5. The van der Waals surface area contributed by atoms with Crippen LogP contribution in [0, 0.1) is 5.82 Å². The summed E-state index contributed by atoms with van der Waals surface area (Å²) >= 11 is 1.15. The van der Waals surface area contributed by atoms with Gasteiger partial charge >= 0.3 is 0 Å². The summed E-state index contributed by atoms with van der Waals surface area (Å²) in [6.07, 6.45) is 1.58. The summed E-state index contributed by atoms with van der Waals surface area (Å²) in [5.74, 6) is -0.179. The first-order chi connectivity index (χ1) is 16.5. The minimum Gasteiger partial charge on any atom is -0.468 e. The molecule has 0 aliphatic heterocycles. The Morgan fingerprint density at radius 1 is 0.971 bits per heavy atom. The van der Waals surface area contributed by atoms with Gasteiger partial charge in [-0.3, -0.25) is 14.5 Å². The molecule has 2 amide bonds. The van der Waals surface area contributed by atoms with Crippen LogP contribution in [0.5, 0.6) is 0 Å². The second kappa shape index (κ2) is 11.3. The molecule has 0 unspecified atom stereocenters. The third-order valence-corrected chi connectivity index (χ3v) is 5.68. The number of anilines is 1. The number of carbonyl (C=O) groups is 2. The van der Waals surface area contributed by atoms with Gasteiger partial charge in [-0.2, -0.15) is 0 Å². The number of rotatable bonds is 10. The fourth-order valence-electron chi connectivity index (χ4n) is 3.18. The standard InChI is InChI=1S/C24H22FN5O3S/c25-18-10-8-17(9-11-18)13-26-23(32)24-29-28-22(34-24)16-30(14-20-7-4-12-33-20)15-21(31)27-19-5-2-1-3-6-19/h1-12H,13-16H2,(H,26,32)(H,27,31). The van der Waals surface area contributed by atoms with E-state index >= 15 is 0 Å². The van der Waals surface area contributed by atoms with Crippen LogP contribution in [0.3, 0.4) is 0 Å². The van der Waals surface area contributed by atoms with Crippen LogP contribution in [0.15, 0.2) is 77.4 Å². The van der Waals surface area contributed by atoms with Gasteiger partial charge in [0.15, 0.2) is 0 Å². The molecule has 0 spiro atoms. The Balaban J connectivity index is 1.37. The number of carbonyl (C=O) groups excluding carboxylic acids is 2. The first-order valence-corrected chi connectivity index (χ1v) is 11.3. The van der Waals surface area contributed by atoms with Crippen molar-refractivity contribution in [3.05, 3.63) is 100 Å². The van der Waals surface area contributed by atoms with Crippen molar-refractivity contribution in [2.45, 2.75) is 19.6 Å². The van der Waals surface area contributed by atoms with E-state index < -0.39 is 0 Å². The molecular weight excluding hydrogens is 457 g/mol. The zero-order chi connectivity index (χ0) is 23.8. The van der Waals surface area contributed by atoms with Crippen LogP contribution in [0.2, 0.25) is 0 Å². The highest BCUT2D eigenvalue weighted by Gasteiger charge is 2.18. The van der Waals surface area contributed by atoms with E-state index in [-0.39, 0.29) is 35.7 Å². The molecule has 2 aromatic heterocycles. The Bertz CT molecular complexity index is 1210. The molecule has 174 valence electrons. The van der Waals surface area contributed by atoms with E-state index in [4.69, 9.17) is 4.42 Å². The molecule has 0 radical (unpaired) electrons. The molecule has 10 heteroatoms. The number of nitrogens with one attached hydrogen (secondary N) is 2. The molecule has 2 N–H and O–H groups in total. The lowest BCUT2D eigenvalue weighted by Gasteiger charge is -2.19. The van der Waals surface area contributed by atoms with Gasteiger partial charge in [-0.1, -0.05) is 41.7 Å². The average Bonchev–Trinajstić information content (AvgIpc) is 3.51. The van der Waals surface area contributed by atoms with Crippen LogP contribution in [-0.4, -0.2) is 33.5 Å². The highest BCUT2D eigenvalue weighted by Crippen LogP contribution is 2.16. The summed E-state index contributed by atoms with van der Waals surface area (Å²) in [6.45, 7) is 1.05. The molecule has 0 saturated heterocycles. The average molecular weight is 480 g/mol. The number of hydrogen-bond acceptors (Lipinski definition) is 7. The quantitative estimate of drug-likeness (QED) is 0.359. The Labute approximate surface area is 199 Å². The molecule has 0 atom stereocenters. The molecular formula is C24H22FN5O3S. The monoisotopic (exact) mass is 479 g/mol. The predicted octanol–water partition coefficient (Wildman–Crippen LogP) is 3.84. The molecule has 2 aromatic carbocycles. The molecule has 0 aliphatic carbocycles. The summed E-state index contributed by atoms with van der Waals surface area (Å²) in [6, 6.07) is 18.7. The van der Waals surface area contributed by atoms with Gasteiger partial charge in [0.2, 0.25) is 10.9 Å². The van der Waals surface area contributed by atoms with E-state index in [0.717, 1.165) is 16.9 Å². The van der Waals surface area contributed by atoms with Crippen molar-refractivity contribution < 1.29 is 18.4 Å². The van der Waals surface area contributed by atoms with Gasteiger partial charge in [-0.25, -0.2) is 4.39 Å². The maximum absolute atomic E-state index is 13.0. The second-order valence-electron chi connectivity index (χ2n) is 7.45. The van der Waals surface area contributed by atoms with Crippen molar-refractivity contribution >= 4 is 28.8 Å². The van der Waals surface area contributed by atoms with Gasteiger partial charge < -0.3 is 15.1 Å². The van der Waals surface area contributed by atoms with Crippen molar-refractivity contribution in [3.63, 3.8) is 0 Å². The second-order valence-corrected chi connectivity index (χ2v) is 8.51. The van der Waals surface area contributed by atoms with E-state index in [1.807, 2.05) is 41.3 Å². The van der Waals surface area contributed by atoms with Crippen molar-refractivity contribution in [2.24, 2.45) is 0 Å². The number of furan rings is 1. The van der Waals surface area contributed by atoms with Crippen molar-refractivity contribution in [1.82, 2.24) is 20.4 Å². The van der Waals surface area contributed by atoms with Crippen LogP contribution in [-0.2, 0) is 24.4 Å². The van der Waals surface area contributed by atoms with Gasteiger partial charge in [0.25, 0.3) is 5.91 Å². The van der Waals surface area contributed by atoms with E-state index in [9.17, 15) is 14.0 Å². The summed E-state index contributed by atoms with van der Waals surface area (Å²) in [5, 5.41) is 14.5. The maximum Gasteiger partial charge on any atom is 0.282 e. The fraction of sp³-hybridized carbons (Fsp3) is 0.167. The normalized spacial score (nSPS) is 10.9. The van der Waals surface area contributed by atoms with Crippen LogP contribution in [0.4, 0.5) is 10.1 Å². The third kappa shape index (κ3) is 6.80. The molecule has 8 nitrogen and oxygen atoms in total. The Kier molecular flexibility index (Phi) is 7.74. The smallest absolute Gasteiger partial charge is 0.282 e. The maximum atomic E-state index is 13.0. The molecule has 0 bridgehead atoms. The number of para-hydroxylation sites is 1. The lowest BCUT2D eigenvalue weighted by Crippen LogP contribution is -2.32. The third-order valence-electron chi connectivity index (χ3n) is 4.77. The molecule has 0 aliphatic rings. The first-order valence-electron chi connectivity index (χ1n) is 10.5. The van der Waals surface area contributed by atoms with Crippen molar-refractivity contribution in [2.75, 3.05) is 11.9 Å². The van der Waals surface area contributed by atoms with E-state index in [1.54, 1.807) is 24.5 Å². The number of hydrogen-bond donors (Lipinski definition) is 2. The zero-order valence-corrected chi connectivity index (χ0v) is 18.9. The predicted molar refractivity (Wildman–Crippen MR) is 125 cm³/mol. The fourth-order valence-corrected chi connectivity index (χ4v) is 3.97. The largest absolute Gasteiger partial charge is 0.468 e. The number of benzene rings is 2. The van der Waals surface area contributed by atoms with Gasteiger partial charge in [0, 0.05) is 12.2 Å². The van der Waals surface area contributed by atoms with Crippen LogP contribution in [0.25, 0.3) is 0 Å². The van der Waals surface area contributed by atoms with Crippen LogP contribution in [0.1, 0.15) is 26.1 Å². The summed E-state index contributed by atoms with van der Waals surface area (Å²) in [7, 11) is 0. The van der Waals surface area contributed by atoms with E-state index in [0.29, 0.717) is 29.5 Å². The SMILES string of the molecule is O=C(CN(Cc1ccco1)Cc1nnc(C(=O)NCc2ccc(F)cc2)s1)Nc1ccccc1. The molecule has 0 saturated carbocycles. The number of aromatic nitrogens is 2. The lowest BCUT2D eigenvalue weighted by atomic mass is 10.2. The van der Waals surface area contributed by atoms with Crippen molar-refractivity contribution in [1.29, 1.82) is 0 Å². The van der Waals surface area contributed by atoms with Crippen LogP contribution < -0.4 is 10.6 Å². The Hall–Kier alpha value is -3.89.